The van der Waals surface area contributed by atoms with Crippen LogP contribution in [0.1, 0.15) is 19.4 Å². The van der Waals surface area contributed by atoms with Gasteiger partial charge < -0.3 is 10.2 Å². The van der Waals surface area contributed by atoms with Gasteiger partial charge in [-0.25, -0.2) is 19.5 Å². The van der Waals surface area contributed by atoms with Crippen LogP contribution in [0.2, 0.25) is 0 Å². The van der Waals surface area contributed by atoms with Crippen molar-refractivity contribution in [2.75, 3.05) is 17.3 Å². The molecule has 0 unspecified atom stereocenters. The molecule has 0 aliphatic carbocycles. The maximum Gasteiger partial charge on any atom is 0.446 e. The molecule has 0 spiro atoms. The lowest BCUT2D eigenvalue weighted by Gasteiger charge is -2.27. The van der Waals surface area contributed by atoms with Crippen LogP contribution in [0, 0.1) is 0 Å². The molecule has 0 atom stereocenters. The van der Waals surface area contributed by atoms with E-state index in [9.17, 15) is 27.6 Å². The van der Waals surface area contributed by atoms with Crippen LogP contribution in [-0.4, -0.2) is 45.9 Å². The smallest absolute Gasteiger partial charge is 0.341 e. The van der Waals surface area contributed by atoms with Crippen molar-refractivity contribution >= 4 is 41.2 Å². The molecule has 8 nitrogen and oxygen atoms in total. The first kappa shape index (κ1) is 23.4. The van der Waals surface area contributed by atoms with Crippen LogP contribution in [0.15, 0.2) is 47.5 Å². The number of nitrogens with zero attached hydrogens (tertiary/aromatic N) is 3. The van der Waals surface area contributed by atoms with Gasteiger partial charge in [0.05, 0.1) is 5.69 Å². The number of aromatic nitrogens is 1. The number of carbonyl (C=O) groups excluding carboxylic acids is 3. The molecule has 0 saturated carbocycles. The summed E-state index contributed by atoms with van der Waals surface area (Å²) in [4.78, 5) is 43.9. The molecule has 3 rings (SSSR count). The van der Waals surface area contributed by atoms with E-state index in [1.165, 1.54) is 42.4 Å². The largest absolute Gasteiger partial charge is 0.446 e. The summed E-state index contributed by atoms with van der Waals surface area (Å²) < 4.78 is 37.7. The van der Waals surface area contributed by atoms with Gasteiger partial charge >= 0.3 is 17.6 Å². The zero-order chi connectivity index (χ0) is 23.7. The summed E-state index contributed by atoms with van der Waals surface area (Å²) >= 11 is -0.276. The highest BCUT2D eigenvalue weighted by Crippen LogP contribution is 2.38. The molecule has 2 N–H and O–H groups in total. The molecule has 1 aliphatic rings. The summed E-state index contributed by atoms with van der Waals surface area (Å²) in [6.45, 7) is 3.24. The van der Waals surface area contributed by atoms with E-state index in [4.69, 9.17) is 0 Å². The van der Waals surface area contributed by atoms with Crippen LogP contribution in [0.25, 0.3) is 0 Å². The van der Waals surface area contributed by atoms with E-state index in [1.54, 1.807) is 26.0 Å². The van der Waals surface area contributed by atoms with E-state index >= 15 is 0 Å². The Bertz CT molecular complexity index is 1040. The first-order valence-electron chi connectivity index (χ1n) is 9.38. The molecule has 1 fully saturated rings. The van der Waals surface area contributed by atoms with Gasteiger partial charge in [-0.05, 0) is 67.6 Å². The van der Waals surface area contributed by atoms with Gasteiger partial charge in [0, 0.05) is 24.7 Å². The van der Waals surface area contributed by atoms with E-state index in [-0.39, 0.29) is 34.7 Å². The van der Waals surface area contributed by atoms with Crippen molar-refractivity contribution < 1.29 is 27.6 Å². The molecule has 32 heavy (non-hydrogen) atoms. The van der Waals surface area contributed by atoms with Crippen LogP contribution in [0.3, 0.4) is 0 Å². The van der Waals surface area contributed by atoms with Crippen molar-refractivity contribution in [2.45, 2.75) is 36.3 Å². The van der Waals surface area contributed by atoms with Gasteiger partial charge in [0.15, 0.2) is 0 Å². The fourth-order valence-corrected chi connectivity index (χ4v) is 3.67. The van der Waals surface area contributed by atoms with Gasteiger partial charge in [0.1, 0.15) is 11.4 Å². The number of amides is 5. The van der Waals surface area contributed by atoms with Gasteiger partial charge in [0.25, 0.3) is 5.91 Å². The van der Waals surface area contributed by atoms with Crippen molar-refractivity contribution in [2.24, 2.45) is 0 Å². The summed E-state index contributed by atoms with van der Waals surface area (Å²) in [5.41, 5.74) is -4.83. The molecule has 1 aliphatic heterocycles. The van der Waals surface area contributed by atoms with Crippen LogP contribution in [0.5, 0.6) is 0 Å². The number of halogens is 3. The Morgan fingerprint density at radius 3 is 2.41 bits per heavy atom. The first-order valence-corrected chi connectivity index (χ1v) is 10.2. The fourth-order valence-electron chi connectivity index (χ4n) is 3.13. The third-order valence-corrected chi connectivity index (χ3v) is 5.52. The second-order valence-electron chi connectivity index (χ2n) is 7.36. The quantitative estimate of drug-likeness (QED) is 0.508. The number of urea groups is 2. The van der Waals surface area contributed by atoms with Gasteiger partial charge in [-0.1, -0.05) is 0 Å². The Morgan fingerprint density at radius 1 is 1.16 bits per heavy atom. The van der Waals surface area contributed by atoms with Crippen molar-refractivity contribution in [3.8, 4) is 0 Å². The fraction of sp³-hybridized carbons (Fsp3) is 0.300. The van der Waals surface area contributed by atoms with E-state index < -0.39 is 29.0 Å². The van der Waals surface area contributed by atoms with Gasteiger partial charge in [0.2, 0.25) is 0 Å². The molecule has 170 valence electrons. The Labute approximate surface area is 186 Å². The zero-order valence-electron chi connectivity index (χ0n) is 17.4. The molecule has 0 bridgehead atoms. The SMILES string of the molecule is CNC(=O)Nc1cc(CN2C(=O)N(c3ccc(SC(F)(F)F)cc3)C(=O)C2(C)C)ccn1. The highest BCUT2D eigenvalue weighted by atomic mass is 32.2. The number of hydrogen-bond donors (Lipinski definition) is 2. The molecule has 2 aromatic rings. The number of alkyl halides is 3. The number of thioether (sulfide) groups is 1. The van der Waals surface area contributed by atoms with Crippen molar-refractivity contribution in [1.29, 1.82) is 0 Å². The summed E-state index contributed by atoms with van der Waals surface area (Å²) in [5, 5.41) is 4.93. The second-order valence-corrected chi connectivity index (χ2v) is 8.50. The Morgan fingerprint density at radius 2 is 1.81 bits per heavy atom. The number of carbonyl (C=O) groups is 3. The number of rotatable bonds is 5. The second kappa shape index (κ2) is 8.69. The predicted octanol–water partition coefficient (Wildman–Crippen LogP) is 4.19. The summed E-state index contributed by atoms with van der Waals surface area (Å²) in [6, 6.07) is 7.20. The van der Waals surface area contributed by atoms with E-state index in [2.05, 4.69) is 15.6 Å². The lowest BCUT2D eigenvalue weighted by Crippen LogP contribution is -2.43. The minimum absolute atomic E-state index is 0.0515. The van der Waals surface area contributed by atoms with Crippen LogP contribution >= 0.6 is 11.8 Å². The maximum atomic E-state index is 13.1. The molecule has 5 amide bonds. The lowest BCUT2D eigenvalue weighted by atomic mass is 10.0. The highest BCUT2D eigenvalue weighted by Gasteiger charge is 2.51. The summed E-state index contributed by atoms with van der Waals surface area (Å²) in [6.07, 6.45) is 1.46. The molecule has 12 heteroatoms. The van der Waals surface area contributed by atoms with Crippen molar-refractivity contribution in [3.63, 3.8) is 0 Å². The third-order valence-electron chi connectivity index (χ3n) is 4.79. The summed E-state index contributed by atoms with van der Waals surface area (Å²) in [5.74, 6) is -0.233. The third kappa shape index (κ3) is 4.96. The number of nitrogens with one attached hydrogen (secondary N) is 2. The maximum absolute atomic E-state index is 13.1. The van der Waals surface area contributed by atoms with Crippen LogP contribution in [0.4, 0.5) is 34.3 Å². The number of pyridine rings is 1. The monoisotopic (exact) mass is 467 g/mol. The molecular weight excluding hydrogens is 447 g/mol. The number of anilines is 2. The molecule has 0 radical (unpaired) electrons. The first-order chi connectivity index (χ1) is 14.9. The average Bonchev–Trinajstić information content (AvgIpc) is 2.87. The molecule has 1 aromatic carbocycles. The Hall–Kier alpha value is -3.28. The zero-order valence-corrected chi connectivity index (χ0v) is 18.2. The number of hydrogen-bond acceptors (Lipinski definition) is 5. The van der Waals surface area contributed by atoms with Crippen LogP contribution in [-0.2, 0) is 11.3 Å². The average molecular weight is 467 g/mol. The van der Waals surface area contributed by atoms with Gasteiger partial charge in [-0.2, -0.15) is 13.2 Å². The van der Waals surface area contributed by atoms with E-state index in [0.29, 0.717) is 5.56 Å². The minimum atomic E-state index is -4.43. The normalized spacial score (nSPS) is 15.8. The molecule has 2 heterocycles. The lowest BCUT2D eigenvalue weighted by molar-refractivity contribution is -0.123. The van der Waals surface area contributed by atoms with E-state index in [1.807, 2.05) is 0 Å². The van der Waals surface area contributed by atoms with Gasteiger partial charge in [-0.3, -0.25) is 10.1 Å². The minimum Gasteiger partial charge on any atom is -0.341 e. The Balaban J connectivity index is 1.83. The predicted molar refractivity (Wildman–Crippen MR) is 113 cm³/mol. The van der Waals surface area contributed by atoms with Crippen LogP contribution < -0.4 is 15.5 Å². The van der Waals surface area contributed by atoms with Crippen molar-refractivity contribution in [1.82, 2.24) is 15.2 Å². The van der Waals surface area contributed by atoms with E-state index in [0.717, 1.165) is 4.90 Å². The molecule has 1 saturated heterocycles. The van der Waals surface area contributed by atoms with Gasteiger partial charge in [-0.15, -0.1) is 0 Å². The molecular formula is C20H20F3N5O3S. The topological polar surface area (TPSA) is 94.6 Å². The highest BCUT2D eigenvalue weighted by molar-refractivity contribution is 8.00. The number of imide groups is 1. The van der Waals surface area contributed by atoms with Crippen molar-refractivity contribution in [3.05, 3.63) is 48.2 Å². The standard InChI is InChI=1S/C20H20F3N5O3S/c1-19(2)16(29)28(13-4-6-14(7-5-13)32-20(21,22)23)18(31)27(19)11-12-8-9-25-15(10-12)26-17(30)24-3/h4-10H,11H2,1-3H3,(H2,24,25,26,30). The number of benzene rings is 1. The Kier molecular flexibility index (Phi) is 6.35. The molecule has 1 aromatic heterocycles. The summed E-state index contributed by atoms with van der Waals surface area (Å²) in [7, 11) is 1.46.